The molecule has 0 aliphatic rings. The summed E-state index contributed by atoms with van der Waals surface area (Å²) in [6, 6.07) is 4.36. The zero-order valence-corrected chi connectivity index (χ0v) is 12.4. The van der Waals surface area contributed by atoms with Crippen molar-refractivity contribution in [1.29, 1.82) is 0 Å². The van der Waals surface area contributed by atoms with E-state index in [4.69, 9.17) is 16.3 Å². The lowest BCUT2D eigenvalue weighted by Gasteiger charge is -2.30. The zero-order chi connectivity index (χ0) is 14.5. The molecule has 2 nitrogen and oxygen atoms in total. The fraction of sp³-hybridized carbons (Fsp3) is 0.533. The molecule has 0 radical (unpaired) electrons. The Balaban J connectivity index is 2.90. The maximum absolute atomic E-state index is 13.1. The third-order valence-electron chi connectivity index (χ3n) is 3.42. The maximum Gasteiger partial charge on any atom is 0.168 e. The largest absolute Gasteiger partial charge is 0.368 e. The van der Waals surface area contributed by atoms with Gasteiger partial charge in [0, 0.05) is 13.0 Å². The van der Waals surface area contributed by atoms with Crippen LogP contribution < -0.4 is 0 Å². The van der Waals surface area contributed by atoms with Gasteiger partial charge in [-0.05, 0) is 37.5 Å². The molecule has 0 heterocycles. The number of halogens is 2. The normalized spacial score (nSPS) is 11.6. The number of ketones is 1. The first kappa shape index (κ1) is 16.1. The topological polar surface area (TPSA) is 26.3 Å². The molecule has 0 aliphatic carbocycles. The van der Waals surface area contributed by atoms with Gasteiger partial charge in [-0.25, -0.2) is 4.39 Å². The standard InChI is InChI=1S/C15H20ClFO2/c1-4-15(5-2,19-6-3)14(18)10-11-7-8-13(17)12(16)9-11/h7-9H,4-6,10H2,1-3H3. The van der Waals surface area contributed by atoms with Crippen molar-refractivity contribution in [3.8, 4) is 0 Å². The molecule has 0 aromatic heterocycles. The van der Waals surface area contributed by atoms with Gasteiger partial charge in [-0.15, -0.1) is 0 Å². The zero-order valence-electron chi connectivity index (χ0n) is 11.6. The fourth-order valence-corrected chi connectivity index (χ4v) is 2.40. The van der Waals surface area contributed by atoms with E-state index in [0.29, 0.717) is 25.0 Å². The van der Waals surface area contributed by atoms with Crippen LogP contribution >= 0.6 is 11.6 Å². The van der Waals surface area contributed by atoms with Crippen LogP contribution in [0.5, 0.6) is 0 Å². The molecule has 106 valence electrons. The van der Waals surface area contributed by atoms with Crippen LogP contribution in [0, 0.1) is 5.82 Å². The third kappa shape index (κ3) is 3.77. The van der Waals surface area contributed by atoms with E-state index in [2.05, 4.69) is 0 Å². The van der Waals surface area contributed by atoms with Gasteiger partial charge >= 0.3 is 0 Å². The SMILES string of the molecule is CCOC(CC)(CC)C(=O)Cc1ccc(F)c(Cl)c1. The van der Waals surface area contributed by atoms with E-state index in [1.807, 2.05) is 20.8 Å². The van der Waals surface area contributed by atoms with E-state index in [-0.39, 0.29) is 17.2 Å². The molecule has 1 rings (SSSR count). The van der Waals surface area contributed by atoms with Crippen molar-refractivity contribution in [3.05, 3.63) is 34.6 Å². The summed E-state index contributed by atoms with van der Waals surface area (Å²) in [4.78, 5) is 12.4. The van der Waals surface area contributed by atoms with Crippen LogP contribution in [0.2, 0.25) is 5.02 Å². The highest BCUT2D eigenvalue weighted by Crippen LogP contribution is 2.25. The van der Waals surface area contributed by atoms with E-state index >= 15 is 0 Å². The first-order valence-corrected chi connectivity index (χ1v) is 6.98. The molecule has 0 unspecified atom stereocenters. The number of carbonyl (C=O) groups is 1. The van der Waals surface area contributed by atoms with Crippen LogP contribution in [0.1, 0.15) is 39.2 Å². The van der Waals surface area contributed by atoms with E-state index in [0.717, 1.165) is 0 Å². The molecule has 0 bridgehead atoms. The lowest BCUT2D eigenvalue weighted by molar-refractivity contribution is -0.144. The number of hydrogen-bond donors (Lipinski definition) is 0. The number of benzene rings is 1. The predicted octanol–water partition coefficient (Wildman–Crippen LogP) is 4.19. The van der Waals surface area contributed by atoms with E-state index in [1.54, 1.807) is 6.07 Å². The number of carbonyl (C=O) groups excluding carboxylic acids is 1. The highest BCUT2D eigenvalue weighted by atomic mass is 35.5. The quantitative estimate of drug-likeness (QED) is 0.751. The second-order valence-corrected chi connectivity index (χ2v) is 4.89. The maximum atomic E-state index is 13.1. The Morgan fingerprint density at radius 1 is 1.32 bits per heavy atom. The number of Topliss-reactive ketones (excluding diaryl/α,β-unsaturated/α-hetero) is 1. The summed E-state index contributed by atoms with van der Waals surface area (Å²) in [6.45, 7) is 6.25. The van der Waals surface area contributed by atoms with Crippen LogP contribution in [-0.4, -0.2) is 18.0 Å². The Labute approximate surface area is 118 Å². The first-order chi connectivity index (χ1) is 8.99. The number of ether oxygens (including phenoxy) is 1. The number of rotatable bonds is 7. The lowest BCUT2D eigenvalue weighted by Crippen LogP contribution is -2.41. The minimum Gasteiger partial charge on any atom is -0.368 e. The first-order valence-electron chi connectivity index (χ1n) is 6.60. The van der Waals surface area contributed by atoms with Crippen molar-refractivity contribution in [2.45, 2.75) is 45.6 Å². The van der Waals surface area contributed by atoms with Crippen LogP contribution in [0.3, 0.4) is 0 Å². The molecule has 0 spiro atoms. The molecule has 1 aromatic rings. The number of hydrogen-bond acceptors (Lipinski definition) is 2. The Morgan fingerprint density at radius 2 is 1.95 bits per heavy atom. The molecular weight excluding hydrogens is 267 g/mol. The fourth-order valence-electron chi connectivity index (χ4n) is 2.20. The van der Waals surface area contributed by atoms with Crippen LogP contribution in [-0.2, 0) is 16.0 Å². The second kappa shape index (κ2) is 7.01. The summed E-state index contributed by atoms with van der Waals surface area (Å²) >= 11 is 5.72. The van der Waals surface area contributed by atoms with Gasteiger partial charge in [0.2, 0.25) is 0 Å². The summed E-state index contributed by atoms with van der Waals surface area (Å²) in [5.74, 6) is -0.457. The Hall–Kier alpha value is -0.930. The van der Waals surface area contributed by atoms with Crippen molar-refractivity contribution in [3.63, 3.8) is 0 Å². The summed E-state index contributed by atoms with van der Waals surface area (Å²) in [7, 11) is 0. The highest BCUT2D eigenvalue weighted by Gasteiger charge is 2.34. The van der Waals surface area contributed by atoms with Gasteiger partial charge in [0.1, 0.15) is 11.4 Å². The Bertz CT molecular complexity index is 442. The van der Waals surface area contributed by atoms with Crippen LogP contribution in [0.4, 0.5) is 4.39 Å². The van der Waals surface area contributed by atoms with E-state index < -0.39 is 11.4 Å². The van der Waals surface area contributed by atoms with Gasteiger partial charge in [0.05, 0.1) is 5.02 Å². The molecule has 0 amide bonds. The minimum absolute atomic E-state index is 0.0158. The predicted molar refractivity (Wildman–Crippen MR) is 75.1 cm³/mol. The van der Waals surface area contributed by atoms with Gasteiger partial charge in [-0.3, -0.25) is 4.79 Å². The molecule has 0 saturated heterocycles. The van der Waals surface area contributed by atoms with Gasteiger partial charge in [0.15, 0.2) is 5.78 Å². The molecule has 0 N–H and O–H groups in total. The molecule has 19 heavy (non-hydrogen) atoms. The second-order valence-electron chi connectivity index (χ2n) is 4.48. The van der Waals surface area contributed by atoms with Crippen molar-refractivity contribution < 1.29 is 13.9 Å². The Morgan fingerprint density at radius 3 is 2.42 bits per heavy atom. The van der Waals surface area contributed by atoms with Crippen LogP contribution in [0.15, 0.2) is 18.2 Å². The van der Waals surface area contributed by atoms with Crippen molar-refractivity contribution >= 4 is 17.4 Å². The monoisotopic (exact) mass is 286 g/mol. The average Bonchev–Trinajstić information content (AvgIpc) is 2.40. The molecule has 4 heteroatoms. The third-order valence-corrected chi connectivity index (χ3v) is 3.71. The summed E-state index contributed by atoms with van der Waals surface area (Å²) in [5, 5.41) is 0.0420. The van der Waals surface area contributed by atoms with Crippen molar-refractivity contribution in [1.82, 2.24) is 0 Å². The van der Waals surface area contributed by atoms with Gasteiger partial charge < -0.3 is 4.74 Å². The van der Waals surface area contributed by atoms with E-state index in [1.165, 1.54) is 12.1 Å². The van der Waals surface area contributed by atoms with Crippen LogP contribution in [0.25, 0.3) is 0 Å². The van der Waals surface area contributed by atoms with Crippen molar-refractivity contribution in [2.75, 3.05) is 6.61 Å². The van der Waals surface area contributed by atoms with Gasteiger partial charge in [0.25, 0.3) is 0 Å². The summed E-state index contributed by atoms with van der Waals surface area (Å²) < 4.78 is 18.7. The molecule has 0 aliphatic heterocycles. The van der Waals surface area contributed by atoms with Gasteiger partial charge in [-0.2, -0.15) is 0 Å². The van der Waals surface area contributed by atoms with E-state index in [9.17, 15) is 9.18 Å². The lowest BCUT2D eigenvalue weighted by atomic mass is 9.88. The molecule has 0 atom stereocenters. The van der Waals surface area contributed by atoms with Crippen molar-refractivity contribution in [2.24, 2.45) is 0 Å². The summed E-state index contributed by atoms with van der Waals surface area (Å²) in [5.41, 5.74) is -0.0299. The molecule has 0 saturated carbocycles. The van der Waals surface area contributed by atoms with Gasteiger partial charge in [-0.1, -0.05) is 31.5 Å². The molecule has 0 fully saturated rings. The average molecular weight is 287 g/mol. The molecule has 1 aromatic carbocycles. The Kier molecular flexibility index (Phi) is 5.95. The molecular formula is C15H20ClFO2. The highest BCUT2D eigenvalue weighted by molar-refractivity contribution is 6.30. The smallest absolute Gasteiger partial charge is 0.168 e. The summed E-state index contributed by atoms with van der Waals surface area (Å²) in [6.07, 6.45) is 1.47. The minimum atomic E-state index is -0.740.